The molecular formula is C18H22O2. The molecule has 0 amide bonds. The fourth-order valence-corrected chi connectivity index (χ4v) is 3.38. The van der Waals surface area contributed by atoms with Crippen molar-refractivity contribution in [3.63, 3.8) is 0 Å². The molecule has 20 heavy (non-hydrogen) atoms. The maximum atomic E-state index is 11.6. The van der Waals surface area contributed by atoms with Crippen LogP contribution in [0.5, 0.6) is 0 Å². The molecule has 0 N–H and O–H groups in total. The second-order valence-electron chi connectivity index (χ2n) is 7.41. The van der Waals surface area contributed by atoms with Crippen LogP contribution in [0.4, 0.5) is 0 Å². The summed E-state index contributed by atoms with van der Waals surface area (Å²) >= 11 is 0. The quantitative estimate of drug-likeness (QED) is 0.662. The van der Waals surface area contributed by atoms with Crippen LogP contribution in [0, 0.1) is 6.92 Å². The van der Waals surface area contributed by atoms with Crippen molar-refractivity contribution >= 4 is 11.0 Å². The van der Waals surface area contributed by atoms with Crippen molar-refractivity contribution in [1.29, 1.82) is 0 Å². The molecule has 1 aromatic carbocycles. The monoisotopic (exact) mass is 270 g/mol. The van der Waals surface area contributed by atoms with Crippen LogP contribution in [-0.4, -0.2) is 0 Å². The molecule has 0 aliphatic heterocycles. The van der Waals surface area contributed by atoms with E-state index in [0.717, 1.165) is 23.0 Å². The molecule has 1 aliphatic rings. The first-order chi connectivity index (χ1) is 9.21. The molecule has 106 valence electrons. The maximum absolute atomic E-state index is 11.6. The maximum Gasteiger partial charge on any atom is 0.336 e. The van der Waals surface area contributed by atoms with E-state index in [0.29, 0.717) is 0 Å². The Morgan fingerprint density at radius 3 is 2.10 bits per heavy atom. The minimum Gasteiger partial charge on any atom is -0.423 e. The number of hydrogen-bond acceptors (Lipinski definition) is 2. The Bertz CT molecular complexity index is 748. The van der Waals surface area contributed by atoms with Gasteiger partial charge < -0.3 is 4.42 Å². The first-order valence-corrected chi connectivity index (χ1v) is 7.30. The van der Waals surface area contributed by atoms with E-state index >= 15 is 0 Å². The van der Waals surface area contributed by atoms with E-state index in [2.05, 4.69) is 39.8 Å². The van der Waals surface area contributed by atoms with Gasteiger partial charge in [0.15, 0.2) is 0 Å². The summed E-state index contributed by atoms with van der Waals surface area (Å²) in [5, 5.41) is 1.06. The molecule has 0 fully saturated rings. The Hall–Kier alpha value is -1.57. The van der Waals surface area contributed by atoms with Crippen LogP contribution in [0.2, 0.25) is 0 Å². The van der Waals surface area contributed by atoms with Crippen molar-refractivity contribution in [3.8, 4) is 0 Å². The van der Waals surface area contributed by atoms with Crippen LogP contribution < -0.4 is 5.63 Å². The van der Waals surface area contributed by atoms with Crippen LogP contribution in [0.15, 0.2) is 27.4 Å². The summed E-state index contributed by atoms with van der Waals surface area (Å²) in [5.41, 5.74) is 4.51. The van der Waals surface area contributed by atoms with E-state index in [1.807, 2.05) is 6.92 Å². The predicted molar refractivity (Wildman–Crippen MR) is 82.5 cm³/mol. The van der Waals surface area contributed by atoms with E-state index in [1.54, 1.807) is 6.07 Å². The minimum absolute atomic E-state index is 0.140. The van der Waals surface area contributed by atoms with Crippen LogP contribution in [0.1, 0.15) is 57.2 Å². The third-order valence-corrected chi connectivity index (χ3v) is 4.92. The number of benzene rings is 1. The van der Waals surface area contributed by atoms with E-state index in [9.17, 15) is 4.79 Å². The first kappa shape index (κ1) is 13.4. The van der Waals surface area contributed by atoms with Crippen LogP contribution in [0.3, 0.4) is 0 Å². The molecule has 3 rings (SSSR count). The highest BCUT2D eigenvalue weighted by atomic mass is 16.4. The third kappa shape index (κ3) is 1.90. The molecule has 1 aromatic heterocycles. The molecule has 1 heterocycles. The average Bonchev–Trinajstić information content (AvgIpc) is 2.34. The molecule has 0 spiro atoms. The van der Waals surface area contributed by atoms with Gasteiger partial charge in [-0.25, -0.2) is 4.79 Å². The predicted octanol–water partition coefficient (Wildman–Crippen LogP) is 4.45. The van der Waals surface area contributed by atoms with Gasteiger partial charge in [0.25, 0.3) is 0 Å². The lowest BCUT2D eigenvalue weighted by Gasteiger charge is -2.41. The Morgan fingerprint density at radius 1 is 0.950 bits per heavy atom. The van der Waals surface area contributed by atoms with Gasteiger partial charge in [-0.3, -0.25) is 0 Å². The molecule has 0 atom stereocenters. The summed E-state index contributed by atoms with van der Waals surface area (Å²) in [6.07, 6.45) is 2.35. The Morgan fingerprint density at radius 2 is 1.50 bits per heavy atom. The molecule has 0 radical (unpaired) electrons. The first-order valence-electron chi connectivity index (χ1n) is 7.30. The molecule has 0 unspecified atom stereocenters. The highest BCUT2D eigenvalue weighted by Gasteiger charge is 2.37. The molecule has 0 saturated heterocycles. The Balaban J connectivity index is 2.42. The van der Waals surface area contributed by atoms with Gasteiger partial charge in [-0.05, 0) is 59.4 Å². The lowest BCUT2D eigenvalue weighted by molar-refractivity contribution is 0.332. The zero-order valence-electron chi connectivity index (χ0n) is 13.0. The summed E-state index contributed by atoms with van der Waals surface area (Å²) in [7, 11) is 0. The standard InChI is InChI=1S/C18H22O2/c1-11-8-16(19)20-15-10-14-13(9-12(11)15)17(2,3)6-7-18(14,4)5/h8-10H,6-7H2,1-5H3. The summed E-state index contributed by atoms with van der Waals surface area (Å²) in [6.45, 7) is 11.1. The van der Waals surface area contributed by atoms with Crippen LogP contribution in [-0.2, 0) is 10.8 Å². The summed E-state index contributed by atoms with van der Waals surface area (Å²) in [4.78, 5) is 11.6. The van der Waals surface area contributed by atoms with Gasteiger partial charge in [0.2, 0.25) is 0 Å². The Kier molecular flexibility index (Phi) is 2.66. The van der Waals surface area contributed by atoms with E-state index in [4.69, 9.17) is 4.42 Å². The van der Waals surface area contributed by atoms with Gasteiger partial charge in [0, 0.05) is 11.5 Å². The molecule has 2 heteroatoms. The normalized spacial score (nSPS) is 19.9. The fraction of sp³-hybridized carbons (Fsp3) is 0.500. The van der Waals surface area contributed by atoms with Crippen molar-refractivity contribution in [2.75, 3.05) is 0 Å². The SMILES string of the molecule is Cc1cc(=O)oc2cc3c(cc12)C(C)(C)CCC3(C)C. The molecule has 2 aromatic rings. The van der Waals surface area contributed by atoms with Gasteiger partial charge in [0.1, 0.15) is 5.58 Å². The largest absolute Gasteiger partial charge is 0.423 e. The van der Waals surface area contributed by atoms with Crippen molar-refractivity contribution in [2.45, 2.75) is 58.3 Å². The summed E-state index contributed by atoms with van der Waals surface area (Å²) in [5.74, 6) is 0. The van der Waals surface area contributed by atoms with Crippen molar-refractivity contribution in [2.24, 2.45) is 0 Å². The fourth-order valence-electron chi connectivity index (χ4n) is 3.38. The number of hydrogen-bond donors (Lipinski definition) is 0. The van der Waals surface area contributed by atoms with Crippen molar-refractivity contribution < 1.29 is 4.42 Å². The molecule has 0 bridgehead atoms. The zero-order chi connectivity index (χ0) is 14.7. The summed E-state index contributed by atoms with van der Waals surface area (Å²) < 4.78 is 5.41. The molecular weight excluding hydrogens is 248 g/mol. The topological polar surface area (TPSA) is 30.2 Å². The molecule has 0 saturated carbocycles. The van der Waals surface area contributed by atoms with E-state index < -0.39 is 0 Å². The van der Waals surface area contributed by atoms with Crippen molar-refractivity contribution in [1.82, 2.24) is 0 Å². The molecule has 2 nitrogen and oxygen atoms in total. The van der Waals surface area contributed by atoms with E-state index in [-0.39, 0.29) is 16.5 Å². The van der Waals surface area contributed by atoms with Gasteiger partial charge >= 0.3 is 5.63 Å². The van der Waals surface area contributed by atoms with E-state index in [1.165, 1.54) is 17.5 Å². The smallest absolute Gasteiger partial charge is 0.336 e. The Labute approximate surface area is 119 Å². The second kappa shape index (κ2) is 3.97. The van der Waals surface area contributed by atoms with Gasteiger partial charge in [-0.2, -0.15) is 0 Å². The van der Waals surface area contributed by atoms with Gasteiger partial charge in [0.05, 0.1) is 0 Å². The van der Waals surface area contributed by atoms with Gasteiger partial charge in [-0.1, -0.05) is 27.7 Å². The average molecular weight is 270 g/mol. The van der Waals surface area contributed by atoms with Crippen LogP contribution >= 0.6 is 0 Å². The minimum atomic E-state index is -0.261. The lowest BCUT2D eigenvalue weighted by atomic mass is 9.63. The number of fused-ring (bicyclic) bond motifs is 2. The summed E-state index contributed by atoms with van der Waals surface area (Å²) in [6, 6.07) is 5.92. The zero-order valence-corrected chi connectivity index (χ0v) is 13.0. The van der Waals surface area contributed by atoms with Gasteiger partial charge in [-0.15, -0.1) is 0 Å². The second-order valence-corrected chi connectivity index (χ2v) is 7.41. The van der Waals surface area contributed by atoms with Crippen molar-refractivity contribution in [3.05, 3.63) is 45.3 Å². The highest BCUT2D eigenvalue weighted by Crippen LogP contribution is 2.47. The van der Waals surface area contributed by atoms with Crippen LogP contribution in [0.25, 0.3) is 11.0 Å². The highest BCUT2D eigenvalue weighted by molar-refractivity contribution is 5.82. The third-order valence-electron chi connectivity index (χ3n) is 4.92. The number of rotatable bonds is 0. The number of aryl methyl sites for hydroxylation is 1. The molecule has 1 aliphatic carbocycles. The lowest BCUT2D eigenvalue weighted by Crippen LogP contribution is -2.33.